The molecule has 0 aliphatic heterocycles. The molecule has 0 fully saturated rings. The molecule has 3 aromatic rings. The average molecular weight is 232 g/mol. The summed E-state index contributed by atoms with van der Waals surface area (Å²) >= 11 is 0. The number of hydrogen-bond acceptors (Lipinski definition) is 4. The van der Waals surface area contributed by atoms with Gasteiger partial charge in [-0.2, -0.15) is 0 Å². The molecule has 0 atom stereocenters. The molecular weight excluding hydrogens is 226 g/mol. The fourth-order valence-electron chi connectivity index (χ4n) is 1.83. The first-order chi connectivity index (χ1) is 7.58. The Kier molecular flexibility index (Phi) is 3.90. The fraction of sp³-hybridized carbons (Fsp3) is 0. The van der Waals surface area contributed by atoms with Gasteiger partial charge in [-0.1, -0.05) is 0 Å². The first kappa shape index (κ1) is 14.8. The molecule has 82 valence electrons. The van der Waals surface area contributed by atoms with Gasteiger partial charge in [0.25, 0.3) is 22.2 Å². The maximum atomic E-state index is 11.3. The van der Waals surface area contributed by atoms with Crippen molar-refractivity contribution in [2.75, 3.05) is 0 Å². The van der Waals surface area contributed by atoms with Crippen LogP contribution < -0.4 is 22.2 Å². The van der Waals surface area contributed by atoms with Crippen LogP contribution in [0.25, 0.3) is 21.5 Å². The van der Waals surface area contributed by atoms with Crippen molar-refractivity contribution in [3.63, 3.8) is 0 Å². The molecule has 2 heterocycles. The van der Waals surface area contributed by atoms with E-state index in [4.69, 9.17) is 0 Å². The normalized spacial score (nSPS) is 10.2. The zero-order valence-corrected chi connectivity index (χ0v) is 7.79. The Morgan fingerprint density at radius 1 is 0.556 bits per heavy atom. The summed E-state index contributed by atoms with van der Waals surface area (Å²) in [5, 5.41) is 0.532. The summed E-state index contributed by atoms with van der Waals surface area (Å²) in [5.74, 6) is 0. The molecule has 3 rings (SSSR count). The third-order valence-corrected chi connectivity index (χ3v) is 2.59. The first-order valence-electron chi connectivity index (χ1n) is 4.47. The minimum absolute atomic E-state index is 0. The fourth-order valence-corrected chi connectivity index (χ4v) is 1.83. The van der Waals surface area contributed by atoms with E-state index in [1.54, 1.807) is 0 Å². The van der Waals surface area contributed by atoms with Gasteiger partial charge in [0.05, 0.1) is 21.5 Å². The number of nitrogens with one attached hydrogen (secondary N) is 2. The van der Waals surface area contributed by atoms with E-state index in [1.165, 1.54) is 12.1 Å². The maximum absolute atomic E-state index is 11.3. The van der Waals surface area contributed by atoms with Crippen molar-refractivity contribution >= 4 is 59.3 Å². The van der Waals surface area contributed by atoms with Crippen molar-refractivity contribution in [3.8, 4) is 0 Å². The van der Waals surface area contributed by atoms with Crippen molar-refractivity contribution < 1.29 is 0 Å². The molecule has 1 aromatic carbocycles. The molecule has 0 amide bonds. The van der Waals surface area contributed by atoms with Gasteiger partial charge in [-0.15, -0.1) is 0 Å². The van der Waals surface area contributed by atoms with Crippen molar-refractivity contribution in [2.24, 2.45) is 0 Å². The van der Waals surface area contributed by atoms with Crippen LogP contribution in [0.15, 0.2) is 31.3 Å². The number of aromatic amines is 2. The van der Waals surface area contributed by atoms with Crippen LogP contribution in [0.1, 0.15) is 0 Å². The quantitative estimate of drug-likeness (QED) is 0.424. The third-order valence-electron chi connectivity index (χ3n) is 2.59. The van der Waals surface area contributed by atoms with Crippen LogP contribution in [-0.2, 0) is 0 Å². The van der Waals surface area contributed by atoms with Gasteiger partial charge >= 0.3 is 37.7 Å². The van der Waals surface area contributed by atoms with Gasteiger partial charge in [0.2, 0.25) is 0 Å². The Balaban J connectivity index is 0.000000810. The van der Waals surface area contributed by atoms with E-state index < -0.39 is 22.2 Å². The number of fused-ring (bicyclic) bond motifs is 2. The molecule has 0 aliphatic rings. The van der Waals surface area contributed by atoms with E-state index in [0.717, 1.165) is 0 Å². The zero-order chi connectivity index (χ0) is 11.4. The van der Waals surface area contributed by atoms with Gasteiger partial charge in [0, 0.05) is 0 Å². The van der Waals surface area contributed by atoms with E-state index in [0.29, 0.717) is 0 Å². The van der Waals surface area contributed by atoms with Gasteiger partial charge in [-0.25, -0.2) is 0 Å². The molecular formula is C10H6Li2N2O4. The molecule has 0 bridgehead atoms. The average Bonchev–Trinajstić information content (AvgIpc) is 2.67. The summed E-state index contributed by atoms with van der Waals surface area (Å²) in [5.41, 5.74) is -2.19. The number of aromatic nitrogens is 2. The van der Waals surface area contributed by atoms with E-state index >= 15 is 0 Å². The van der Waals surface area contributed by atoms with Crippen molar-refractivity contribution in [3.05, 3.63) is 53.5 Å². The molecule has 2 aromatic heterocycles. The van der Waals surface area contributed by atoms with Crippen LogP contribution in [0.2, 0.25) is 0 Å². The number of H-pyrrole nitrogens is 2. The minimum atomic E-state index is -0.546. The molecule has 0 spiro atoms. The second-order valence-electron chi connectivity index (χ2n) is 3.51. The van der Waals surface area contributed by atoms with Gasteiger partial charge in [-0.05, 0) is 12.1 Å². The molecule has 0 saturated heterocycles. The number of benzene rings is 1. The Hall–Kier alpha value is -1.31. The molecule has 0 unspecified atom stereocenters. The summed E-state index contributed by atoms with van der Waals surface area (Å²) in [7, 11) is 0. The Morgan fingerprint density at radius 3 is 1.00 bits per heavy atom. The predicted octanol–water partition coefficient (Wildman–Crippen LogP) is -2.33. The van der Waals surface area contributed by atoms with Crippen molar-refractivity contribution in [2.45, 2.75) is 0 Å². The van der Waals surface area contributed by atoms with Crippen LogP contribution in [-0.4, -0.2) is 47.7 Å². The number of hydrogen-bond donors (Lipinski definition) is 2. The monoisotopic (exact) mass is 232 g/mol. The zero-order valence-electron chi connectivity index (χ0n) is 7.79. The SMILES string of the molecule is O=c1[nH]c(=O)c2cc3c(=O)[nH]c(=O)c3cc12.[LiH].[LiH]. The van der Waals surface area contributed by atoms with E-state index in [1.807, 2.05) is 0 Å². The van der Waals surface area contributed by atoms with Crippen LogP contribution in [0.3, 0.4) is 0 Å². The predicted molar refractivity (Wildman–Crippen MR) is 71.9 cm³/mol. The van der Waals surface area contributed by atoms with Crippen LogP contribution in [0, 0.1) is 0 Å². The van der Waals surface area contributed by atoms with E-state index in [9.17, 15) is 19.2 Å². The molecule has 0 radical (unpaired) electrons. The molecule has 0 saturated carbocycles. The standard InChI is InChI=1S/C10H4N2O4.2Li.2H/c13-7-3-1-4-6(10(16)12-8(4)14)2-5(3)9(15)11-7;;;;/h1-2H,(H,11,13,15)(H,12,14,16);;;;. The summed E-state index contributed by atoms with van der Waals surface area (Å²) in [6.45, 7) is 0. The summed E-state index contributed by atoms with van der Waals surface area (Å²) in [6.07, 6.45) is 0. The van der Waals surface area contributed by atoms with Gasteiger partial charge in [-0.3, -0.25) is 29.1 Å². The molecule has 0 aliphatic carbocycles. The van der Waals surface area contributed by atoms with Crippen molar-refractivity contribution in [1.82, 2.24) is 9.97 Å². The van der Waals surface area contributed by atoms with Crippen LogP contribution in [0.5, 0.6) is 0 Å². The Labute approximate surface area is 122 Å². The number of rotatable bonds is 0. The van der Waals surface area contributed by atoms with Crippen LogP contribution in [0.4, 0.5) is 0 Å². The first-order valence-corrected chi connectivity index (χ1v) is 4.47. The Bertz CT molecular complexity index is 784. The van der Waals surface area contributed by atoms with E-state index in [-0.39, 0.29) is 59.3 Å². The third kappa shape index (κ3) is 1.84. The summed E-state index contributed by atoms with van der Waals surface area (Å²) < 4.78 is 0. The summed E-state index contributed by atoms with van der Waals surface area (Å²) in [4.78, 5) is 49.4. The van der Waals surface area contributed by atoms with Crippen LogP contribution >= 0.6 is 0 Å². The second-order valence-corrected chi connectivity index (χ2v) is 3.51. The molecule has 8 heteroatoms. The van der Waals surface area contributed by atoms with E-state index in [2.05, 4.69) is 9.97 Å². The Morgan fingerprint density at radius 2 is 0.778 bits per heavy atom. The second kappa shape index (κ2) is 4.76. The van der Waals surface area contributed by atoms with Gasteiger partial charge in [0.15, 0.2) is 0 Å². The summed E-state index contributed by atoms with van der Waals surface area (Å²) in [6, 6.07) is 2.54. The molecule has 6 nitrogen and oxygen atoms in total. The van der Waals surface area contributed by atoms with Crippen molar-refractivity contribution in [1.29, 1.82) is 0 Å². The van der Waals surface area contributed by atoms with Gasteiger partial charge < -0.3 is 0 Å². The molecule has 18 heavy (non-hydrogen) atoms. The molecule has 2 N–H and O–H groups in total. The van der Waals surface area contributed by atoms with Gasteiger partial charge in [0.1, 0.15) is 0 Å². The topological polar surface area (TPSA) is 99.9 Å².